The van der Waals surface area contributed by atoms with E-state index in [4.69, 9.17) is 0 Å². The van der Waals surface area contributed by atoms with Crippen LogP contribution in [0.2, 0.25) is 0 Å². The molecule has 0 aliphatic carbocycles. The number of fused-ring (bicyclic) bond motifs is 3. The molecule has 0 saturated carbocycles. The topological polar surface area (TPSA) is 104 Å². The third kappa shape index (κ3) is 2.86. The molecule has 2 aliphatic rings. The standard InChI is InChI=1S/C17H21N5O3/c1-21-11-3-2-4-12(21)8-10(7-11)18-17(23)16-14-9-13(22(24)25)5-6-15(14)19-20-16/h5-6,9-12H,2-4,7-8H2,1H3,(H,18,23)(H,19,20). The quantitative estimate of drug-likeness (QED) is 0.657. The average molecular weight is 343 g/mol. The van der Waals surface area contributed by atoms with E-state index < -0.39 is 4.92 Å². The first-order chi connectivity index (χ1) is 12.0. The number of aromatic amines is 1. The summed E-state index contributed by atoms with van der Waals surface area (Å²) in [5, 5.41) is 21.4. The molecule has 25 heavy (non-hydrogen) atoms. The van der Waals surface area contributed by atoms with Crippen molar-refractivity contribution in [1.82, 2.24) is 20.4 Å². The van der Waals surface area contributed by atoms with Crippen molar-refractivity contribution < 1.29 is 9.72 Å². The summed E-state index contributed by atoms with van der Waals surface area (Å²) in [6, 6.07) is 5.56. The van der Waals surface area contributed by atoms with Crippen molar-refractivity contribution in [1.29, 1.82) is 0 Å². The number of amides is 1. The van der Waals surface area contributed by atoms with Crippen LogP contribution < -0.4 is 5.32 Å². The Morgan fingerprint density at radius 1 is 1.36 bits per heavy atom. The van der Waals surface area contributed by atoms with Crippen molar-refractivity contribution >= 4 is 22.5 Å². The number of carbonyl (C=O) groups excluding carboxylic acids is 1. The lowest BCUT2D eigenvalue weighted by molar-refractivity contribution is -0.384. The lowest BCUT2D eigenvalue weighted by Gasteiger charge is -2.47. The van der Waals surface area contributed by atoms with E-state index in [-0.39, 0.29) is 23.3 Å². The number of piperidine rings is 2. The number of nitro benzene ring substituents is 1. The molecule has 1 amide bonds. The van der Waals surface area contributed by atoms with Crippen LogP contribution in [0.25, 0.3) is 10.9 Å². The van der Waals surface area contributed by atoms with Crippen LogP contribution in [0.4, 0.5) is 5.69 Å². The van der Waals surface area contributed by atoms with E-state index in [0.717, 1.165) is 12.8 Å². The zero-order chi connectivity index (χ0) is 17.6. The molecular formula is C17H21N5O3. The van der Waals surface area contributed by atoms with Crippen LogP contribution >= 0.6 is 0 Å². The number of nitro groups is 1. The number of rotatable bonds is 3. The summed E-state index contributed by atoms with van der Waals surface area (Å²) in [6.45, 7) is 0. The molecular weight excluding hydrogens is 322 g/mol. The van der Waals surface area contributed by atoms with Crippen LogP contribution in [0.5, 0.6) is 0 Å². The molecule has 1 aromatic carbocycles. The van der Waals surface area contributed by atoms with E-state index in [9.17, 15) is 14.9 Å². The van der Waals surface area contributed by atoms with Gasteiger partial charge in [-0.3, -0.25) is 20.0 Å². The number of nitrogens with zero attached hydrogens (tertiary/aromatic N) is 3. The van der Waals surface area contributed by atoms with Gasteiger partial charge in [0.15, 0.2) is 5.69 Å². The molecule has 2 saturated heterocycles. The molecule has 2 N–H and O–H groups in total. The maximum absolute atomic E-state index is 12.7. The van der Waals surface area contributed by atoms with Gasteiger partial charge in [0.25, 0.3) is 11.6 Å². The smallest absolute Gasteiger partial charge is 0.272 e. The van der Waals surface area contributed by atoms with Crippen molar-refractivity contribution in [2.75, 3.05) is 7.05 Å². The van der Waals surface area contributed by atoms with E-state index in [1.165, 1.54) is 31.4 Å². The molecule has 1 aromatic heterocycles. The first kappa shape index (κ1) is 16.0. The summed E-state index contributed by atoms with van der Waals surface area (Å²) >= 11 is 0. The number of hydrogen-bond donors (Lipinski definition) is 2. The highest BCUT2D eigenvalue weighted by atomic mass is 16.6. The Morgan fingerprint density at radius 3 is 2.76 bits per heavy atom. The van der Waals surface area contributed by atoms with Crippen molar-refractivity contribution in [3.8, 4) is 0 Å². The summed E-state index contributed by atoms with van der Waals surface area (Å²) in [4.78, 5) is 25.6. The molecule has 0 spiro atoms. The van der Waals surface area contributed by atoms with E-state index >= 15 is 0 Å². The lowest BCUT2D eigenvalue weighted by atomic mass is 9.82. The number of aromatic nitrogens is 2. The summed E-state index contributed by atoms with van der Waals surface area (Å²) in [5.74, 6) is -0.264. The Labute approximate surface area is 144 Å². The summed E-state index contributed by atoms with van der Waals surface area (Å²) in [6.07, 6.45) is 5.50. The van der Waals surface area contributed by atoms with Gasteiger partial charge in [0.1, 0.15) is 0 Å². The summed E-state index contributed by atoms with van der Waals surface area (Å²) in [7, 11) is 2.17. The first-order valence-electron chi connectivity index (χ1n) is 8.68. The van der Waals surface area contributed by atoms with Crippen molar-refractivity contribution in [2.45, 2.75) is 50.2 Å². The minimum atomic E-state index is -0.466. The number of hydrogen-bond acceptors (Lipinski definition) is 5. The van der Waals surface area contributed by atoms with Crippen LogP contribution in [-0.4, -0.2) is 51.1 Å². The molecule has 3 heterocycles. The second kappa shape index (κ2) is 6.11. The fraction of sp³-hybridized carbons (Fsp3) is 0.529. The van der Waals surface area contributed by atoms with E-state index in [1.807, 2.05) is 0 Å². The molecule has 8 heteroatoms. The molecule has 132 valence electrons. The second-order valence-electron chi connectivity index (χ2n) is 7.11. The van der Waals surface area contributed by atoms with Gasteiger partial charge in [-0.2, -0.15) is 5.10 Å². The summed E-state index contributed by atoms with van der Waals surface area (Å²) in [5.41, 5.74) is 0.801. The number of H-pyrrole nitrogens is 1. The van der Waals surface area contributed by atoms with Gasteiger partial charge >= 0.3 is 0 Å². The Morgan fingerprint density at radius 2 is 2.08 bits per heavy atom. The zero-order valence-electron chi connectivity index (χ0n) is 14.1. The minimum absolute atomic E-state index is 0.0447. The van der Waals surface area contributed by atoms with Crippen molar-refractivity contribution in [3.05, 3.63) is 34.0 Å². The monoisotopic (exact) mass is 343 g/mol. The van der Waals surface area contributed by atoms with Gasteiger partial charge in [0.05, 0.1) is 10.4 Å². The molecule has 2 atom stereocenters. The SMILES string of the molecule is CN1C2CCCC1CC(NC(=O)c1n[nH]c3ccc([N+](=O)[O-])cc13)C2. The number of carbonyl (C=O) groups is 1. The van der Waals surface area contributed by atoms with Gasteiger partial charge in [-0.15, -0.1) is 0 Å². The second-order valence-corrected chi connectivity index (χ2v) is 7.11. The van der Waals surface area contributed by atoms with Crippen molar-refractivity contribution in [3.63, 3.8) is 0 Å². The Balaban J connectivity index is 1.54. The molecule has 0 radical (unpaired) electrons. The van der Waals surface area contributed by atoms with Gasteiger partial charge < -0.3 is 10.2 Å². The molecule has 2 aromatic rings. The van der Waals surface area contributed by atoms with Crippen LogP contribution in [0.1, 0.15) is 42.6 Å². The fourth-order valence-electron chi connectivity index (χ4n) is 4.28. The summed E-state index contributed by atoms with van der Waals surface area (Å²) < 4.78 is 0. The average Bonchev–Trinajstić information content (AvgIpc) is 2.99. The normalized spacial score (nSPS) is 26.5. The van der Waals surface area contributed by atoms with Gasteiger partial charge in [-0.1, -0.05) is 6.42 Å². The largest absolute Gasteiger partial charge is 0.348 e. The van der Waals surface area contributed by atoms with Gasteiger partial charge in [-0.05, 0) is 38.8 Å². The van der Waals surface area contributed by atoms with Gasteiger partial charge in [0, 0.05) is 35.6 Å². The highest BCUT2D eigenvalue weighted by Gasteiger charge is 2.36. The van der Waals surface area contributed by atoms with E-state index in [1.54, 1.807) is 6.07 Å². The molecule has 4 rings (SSSR count). The number of nitrogens with one attached hydrogen (secondary N) is 2. The van der Waals surface area contributed by atoms with E-state index in [0.29, 0.717) is 23.0 Å². The Kier molecular flexibility index (Phi) is 3.91. The number of benzene rings is 1. The van der Waals surface area contributed by atoms with Crippen LogP contribution in [-0.2, 0) is 0 Å². The van der Waals surface area contributed by atoms with Crippen LogP contribution in [0, 0.1) is 10.1 Å². The lowest BCUT2D eigenvalue weighted by Crippen LogP contribution is -2.55. The minimum Gasteiger partial charge on any atom is -0.348 e. The molecule has 2 unspecified atom stereocenters. The molecule has 8 nitrogen and oxygen atoms in total. The molecule has 2 fully saturated rings. The predicted molar refractivity (Wildman–Crippen MR) is 92.4 cm³/mol. The predicted octanol–water partition coefficient (Wildman–Crippen LogP) is 2.22. The number of non-ortho nitro benzene ring substituents is 1. The van der Waals surface area contributed by atoms with E-state index in [2.05, 4.69) is 27.5 Å². The van der Waals surface area contributed by atoms with Crippen LogP contribution in [0.15, 0.2) is 18.2 Å². The highest BCUT2D eigenvalue weighted by molar-refractivity contribution is 6.05. The fourth-order valence-corrected chi connectivity index (χ4v) is 4.28. The maximum Gasteiger partial charge on any atom is 0.272 e. The molecule has 2 aliphatic heterocycles. The third-order valence-corrected chi connectivity index (χ3v) is 5.65. The van der Waals surface area contributed by atoms with Gasteiger partial charge in [0.2, 0.25) is 0 Å². The zero-order valence-corrected chi connectivity index (χ0v) is 14.1. The third-order valence-electron chi connectivity index (χ3n) is 5.65. The first-order valence-corrected chi connectivity index (χ1v) is 8.68. The maximum atomic E-state index is 12.7. The van der Waals surface area contributed by atoms with Crippen molar-refractivity contribution in [2.24, 2.45) is 0 Å². The van der Waals surface area contributed by atoms with Gasteiger partial charge in [-0.25, -0.2) is 0 Å². The Hall–Kier alpha value is -2.48. The molecule has 2 bridgehead atoms. The van der Waals surface area contributed by atoms with Crippen LogP contribution in [0.3, 0.4) is 0 Å². The Bertz CT molecular complexity index is 819. The highest BCUT2D eigenvalue weighted by Crippen LogP contribution is 2.33.